The van der Waals surface area contributed by atoms with E-state index in [4.69, 9.17) is 16.3 Å². The highest BCUT2D eigenvalue weighted by atomic mass is 79.9. The van der Waals surface area contributed by atoms with Crippen LogP contribution >= 0.6 is 27.5 Å². The van der Waals surface area contributed by atoms with Gasteiger partial charge in [0.2, 0.25) is 0 Å². The van der Waals surface area contributed by atoms with Crippen molar-refractivity contribution in [3.05, 3.63) is 63.6 Å². The molecule has 0 heterocycles. The molecular formula is C17H15BrClNO4. The monoisotopic (exact) mass is 411 g/mol. The summed E-state index contributed by atoms with van der Waals surface area (Å²) in [5.74, 6) is -1.16. The lowest BCUT2D eigenvalue weighted by molar-refractivity contribution is -0.142. The van der Waals surface area contributed by atoms with E-state index < -0.39 is 17.9 Å². The van der Waals surface area contributed by atoms with Gasteiger partial charge in [-0.3, -0.25) is 4.79 Å². The molecule has 2 N–H and O–H groups in total. The molecule has 24 heavy (non-hydrogen) atoms. The molecule has 0 aromatic heterocycles. The minimum Gasteiger partial charge on any atom is -0.483 e. The number of carboxylic acid groups (broad SMARTS) is 1. The van der Waals surface area contributed by atoms with Crippen LogP contribution in [0.2, 0.25) is 5.02 Å². The molecule has 1 amide bonds. The lowest BCUT2D eigenvalue weighted by atomic mass is 10.1. The van der Waals surface area contributed by atoms with Gasteiger partial charge in [0, 0.05) is 11.4 Å². The third kappa shape index (κ3) is 5.54. The molecule has 0 saturated carbocycles. The van der Waals surface area contributed by atoms with Gasteiger partial charge in [-0.25, -0.2) is 4.79 Å². The first kappa shape index (κ1) is 18.3. The van der Waals surface area contributed by atoms with Crippen LogP contribution in [0.4, 0.5) is 0 Å². The van der Waals surface area contributed by atoms with Crippen LogP contribution in [-0.4, -0.2) is 29.6 Å². The van der Waals surface area contributed by atoms with Gasteiger partial charge in [-0.15, -0.1) is 0 Å². The van der Waals surface area contributed by atoms with Gasteiger partial charge in [-0.05, 0) is 39.7 Å². The summed E-state index contributed by atoms with van der Waals surface area (Å²) in [4.78, 5) is 23.3. The number of carbonyl (C=O) groups is 2. The van der Waals surface area contributed by atoms with E-state index in [1.807, 2.05) is 30.3 Å². The Morgan fingerprint density at radius 3 is 2.54 bits per heavy atom. The third-order valence-electron chi connectivity index (χ3n) is 3.17. The first-order valence-electron chi connectivity index (χ1n) is 7.09. The molecule has 1 atom stereocenters. The molecule has 0 aliphatic heterocycles. The average molecular weight is 413 g/mol. The molecule has 2 aromatic carbocycles. The smallest absolute Gasteiger partial charge is 0.326 e. The molecule has 0 bridgehead atoms. The molecule has 0 unspecified atom stereocenters. The summed E-state index contributed by atoms with van der Waals surface area (Å²) in [5, 5.41) is 12.3. The maximum absolute atomic E-state index is 12.0. The molecule has 7 heteroatoms. The number of ether oxygens (including phenoxy) is 1. The maximum atomic E-state index is 12.0. The van der Waals surface area contributed by atoms with Gasteiger partial charge in [0.15, 0.2) is 6.61 Å². The van der Waals surface area contributed by atoms with Crippen molar-refractivity contribution in [1.82, 2.24) is 5.32 Å². The summed E-state index contributed by atoms with van der Waals surface area (Å²) in [5.41, 5.74) is 0.826. The lowest BCUT2D eigenvalue weighted by Gasteiger charge is -2.15. The largest absolute Gasteiger partial charge is 0.483 e. The van der Waals surface area contributed by atoms with E-state index in [9.17, 15) is 14.7 Å². The van der Waals surface area contributed by atoms with Crippen LogP contribution in [0.1, 0.15) is 5.56 Å². The van der Waals surface area contributed by atoms with Gasteiger partial charge in [-0.1, -0.05) is 41.9 Å². The molecule has 0 radical (unpaired) electrons. The highest BCUT2D eigenvalue weighted by molar-refractivity contribution is 9.10. The standard InChI is InChI=1S/C17H15BrClNO4/c18-13-9-12(19)6-7-15(13)24-10-16(21)20-14(17(22)23)8-11-4-2-1-3-5-11/h1-7,9,14H,8,10H2,(H,20,21)(H,22,23)/t14-/m1/s1. The minimum atomic E-state index is -1.10. The van der Waals surface area contributed by atoms with Crippen LogP contribution in [-0.2, 0) is 16.0 Å². The Morgan fingerprint density at radius 1 is 1.21 bits per heavy atom. The van der Waals surface area contributed by atoms with E-state index in [1.54, 1.807) is 18.2 Å². The maximum Gasteiger partial charge on any atom is 0.326 e. The number of carbonyl (C=O) groups excluding carboxylic acids is 1. The van der Waals surface area contributed by atoms with Gasteiger partial charge in [0.25, 0.3) is 5.91 Å². The zero-order chi connectivity index (χ0) is 17.5. The molecule has 2 rings (SSSR count). The molecule has 0 spiro atoms. The summed E-state index contributed by atoms with van der Waals surface area (Å²) in [7, 11) is 0. The second-order valence-electron chi connectivity index (χ2n) is 5.01. The molecule has 5 nitrogen and oxygen atoms in total. The number of benzene rings is 2. The summed E-state index contributed by atoms with van der Waals surface area (Å²) in [6.45, 7) is -0.293. The number of halogens is 2. The van der Waals surface area contributed by atoms with Crippen molar-refractivity contribution in [3.8, 4) is 5.75 Å². The highest BCUT2D eigenvalue weighted by Gasteiger charge is 2.20. The Bertz CT molecular complexity index is 724. The SMILES string of the molecule is O=C(COc1ccc(Cl)cc1Br)N[C@H](Cc1ccccc1)C(=O)O. The van der Waals surface area contributed by atoms with Crippen LogP contribution < -0.4 is 10.1 Å². The number of nitrogens with one attached hydrogen (secondary N) is 1. The Kier molecular flexibility index (Phi) is 6.63. The first-order chi connectivity index (χ1) is 11.5. The van der Waals surface area contributed by atoms with E-state index >= 15 is 0 Å². The number of carboxylic acids is 1. The van der Waals surface area contributed by atoms with E-state index in [0.717, 1.165) is 5.56 Å². The number of aliphatic carboxylic acids is 1. The van der Waals surface area contributed by atoms with Crippen molar-refractivity contribution in [2.45, 2.75) is 12.5 Å². The van der Waals surface area contributed by atoms with Crippen molar-refractivity contribution in [2.24, 2.45) is 0 Å². The zero-order valence-electron chi connectivity index (χ0n) is 12.5. The molecular weight excluding hydrogens is 398 g/mol. The summed E-state index contributed by atoms with van der Waals surface area (Å²) < 4.78 is 5.99. The van der Waals surface area contributed by atoms with Crippen molar-refractivity contribution >= 4 is 39.4 Å². The number of amides is 1. The zero-order valence-corrected chi connectivity index (χ0v) is 14.9. The molecule has 2 aromatic rings. The topological polar surface area (TPSA) is 75.6 Å². The Hall–Kier alpha value is -2.05. The van der Waals surface area contributed by atoms with E-state index in [2.05, 4.69) is 21.2 Å². The normalized spacial score (nSPS) is 11.6. The van der Waals surface area contributed by atoms with E-state index in [1.165, 1.54) is 0 Å². The Morgan fingerprint density at radius 2 is 1.92 bits per heavy atom. The van der Waals surface area contributed by atoms with Crippen LogP contribution in [0.25, 0.3) is 0 Å². The fraction of sp³-hybridized carbons (Fsp3) is 0.176. The van der Waals surface area contributed by atoms with Crippen molar-refractivity contribution < 1.29 is 19.4 Å². The predicted molar refractivity (Wildman–Crippen MR) is 94.4 cm³/mol. The van der Waals surface area contributed by atoms with Gasteiger partial charge in [0.1, 0.15) is 11.8 Å². The lowest BCUT2D eigenvalue weighted by Crippen LogP contribution is -2.44. The first-order valence-corrected chi connectivity index (χ1v) is 8.27. The van der Waals surface area contributed by atoms with Crippen LogP contribution in [0.3, 0.4) is 0 Å². The van der Waals surface area contributed by atoms with Crippen molar-refractivity contribution in [1.29, 1.82) is 0 Å². The second kappa shape index (κ2) is 8.70. The minimum absolute atomic E-state index is 0.201. The van der Waals surface area contributed by atoms with E-state index in [-0.39, 0.29) is 13.0 Å². The molecule has 126 valence electrons. The fourth-order valence-corrected chi connectivity index (χ4v) is 2.82. The summed E-state index contributed by atoms with van der Waals surface area (Å²) >= 11 is 9.11. The van der Waals surface area contributed by atoms with Crippen molar-refractivity contribution in [3.63, 3.8) is 0 Å². The number of hydrogen-bond acceptors (Lipinski definition) is 3. The quantitative estimate of drug-likeness (QED) is 0.732. The fourth-order valence-electron chi connectivity index (χ4n) is 2.02. The summed E-state index contributed by atoms with van der Waals surface area (Å²) in [6.07, 6.45) is 0.201. The van der Waals surface area contributed by atoms with Gasteiger partial charge in [0.05, 0.1) is 4.47 Å². The van der Waals surface area contributed by atoms with Gasteiger partial charge < -0.3 is 15.2 Å². The highest BCUT2D eigenvalue weighted by Crippen LogP contribution is 2.27. The Labute approximate surface area is 152 Å². The molecule has 0 aliphatic rings. The number of hydrogen-bond donors (Lipinski definition) is 2. The molecule has 0 fully saturated rings. The van der Waals surface area contributed by atoms with Crippen molar-refractivity contribution in [2.75, 3.05) is 6.61 Å². The molecule has 0 saturated heterocycles. The van der Waals surface area contributed by atoms with Gasteiger partial charge >= 0.3 is 5.97 Å². The predicted octanol–water partition coefficient (Wildman–Crippen LogP) is 3.29. The molecule has 0 aliphatic carbocycles. The third-order valence-corrected chi connectivity index (χ3v) is 4.02. The number of rotatable bonds is 7. The average Bonchev–Trinajstić information content (AvgIpc) is 2.54. The summed E-state index contributed by atoms with van der Waals surface area (Å²) in [6, 6.07) is 13.0. The van der Waals surface area contributed by atoms with Crippen LogP contribution in [0.15, 0.2) is 53.0 Å². The van der Waals surface area contributed by atoms with Crippen LogP contribution in [0.5, 0.6) is 5.75 Å². The van der Waals surface area contributed by atoms with Gasteiger partial charge in [-0.2, -0.15) is 0 Å². The van der Waals surface area contributed by atoms with Crippen LogP contribution in [0, 0.1) is 0 Å². The second-order valence-corrected chi connectivity index (χ2v) is 6.30. The Balaban J connectivity index is 1.92. The van der Waals surface area contributed by atoms with E-state index in [0.29, 0.717) is 15.2 Å².